The lowest BCUT2D eigenvalue weighted by Gasteiger charge is -2.28. The Morgan fingerprint density at radius 2 is 2.10 bits per heavy atom. The zero-order valence-electron chi connectivity index (χ0n) is 11.2. The molecular formula is C16H17NO3. The second-order valence-electron chi connectivity index (χ2n) is 5.43. The number of nitrogens with zero attached hydrogens (tertiary/aromatic N) is 1. The Morgan fingerprint density at radius 3 is 2.85 bits per heavy atom. The molecule has 1 aromatic carbocycles. The first-order chi connectivity index (χ1) is 9.70. The molecule has 2 unspecified atom stereocenters. The van der Waals surface area contributed by atoms with Crippen LogP contribution < -0.4 is 0 Å². The first kappa shape index (κ1) is 13.1. The van der Waals surface area contributed by atoms with Crippen molar-refractivity contribution < 1.29 is 14.7 Å². The number of benzene rings is 1. The maximum atomic E-state index is 12.0. The molecule has 1 saturated carbocycles. The van der Waals surface area contributed by atoms with Gasteiger partial charge in [0.2, 0.25) is 5.78 Å². The molecule has 104 valence electrons. The normalized spacial score (nSPS) is 22.9. The van der Waals surface area contributed by atoms with Crippen molar-refractivity contribution in [3.8, 4) is 0 Å². The fourth-order valence-electron chi connectivity index (χ4n) is 3.17. The van der Waals surface area contributed by atoms with Crippen LogP contribution in [0.2, 0.25) is 0 Å². The van der Waals surface area contributed by atoms with Gasteiger partial charge in [-0.25, -0.2) is 0 Å². The first-order valence-corrected chi connectivity index (χ1v) is 6.98. The fourth-order valence-corrected chi connectivity index (χ4v) is 3.17. The van der Waals surface area contributed by atoms with Gasteiger partial charge in [-0.1, -0.05) is 24.3 Å². The molecule has 1 heterocycles. The smallest absolute Gasteiger partial charge is 0.242 e. The molecule has 4 nitrogen and oxygen atoms in total. The molecule has 2 atom stereocenters. The number of rotatable bonds is 3. The molecule has 20 heavy (non-hydrogen) atoms. The second kappa shape index (κ2) is 5.21. The molecule has 1 aliphatic rings. The summed E-state index contributed by atoms with van der Waals surface area (Å²) in [7, 11) is 0. The number of hydrogen-bond acceptors (Lipinski definition) is 3. The molecule has 1 fully saturated rings. The molecule has 3 rings (SSSR count). The van der Waals surface area contributed by atoms with Crippen molar-refractivity contribution in [2.75, 3.05) is 0 Å². The molecule has 2 aromatic rings. The minimum atomic E-state index is -0.494. The number of Topliss-reactive ketones (excluding diaryl/α,β-unsaturated/α-hetero) is 1. The molecule has 4 heteroatoms. The van der Waals surface area contributed by atoms with E-state index in [0.717, 1.165) is 30.0 Å². The molecule has 0 bridgehead atoms. The average molecular weight is 271 g/mol. The van der Waals surface area contributed by atoms with Crippen molar-refractivity contribution in [2.45, 2.75) is 37.8 Å². The van der Waals surface area contributed by atoms with Gasteiger partial charge in [-0.05, 0) is 25.7 Å². The zero-order valence-corrected chi connectivity index (χ0v) is 11.2. The SMILES string of the molecule is O=CC(=O)c1c2ccccc2cn1C1CCCC(O)C1. The van der Waals surface area contributed by atoms with E-state index in [1.165, 1.54) is 0 Å². The summed E-state index contributed by atoms with van der Waals surface area (Å²) in [5.41, 5.74) is 0.453. The summed E-state index contributed by atoms with van der Waals surface area (Å²) in [4.78, 5) is 22.9. The largest absolute Gasteiger partial charge is 0.393 e. The molecule has 0 spiro atoms. The Labute approximate surface area is 117 Å². The standard InChI is InChI=1S/C16H17NO3/c18-10-15(20)16-14-7-2-1-4-11(14)9-17(16)12-5-3-6-13(19)8-12/h1-2,4,7,9-10,12-13,19H,3,5-6,8H2. The van der Waals surface area contributed by atoms with Gasteiger partial charge < -0.3 is 9.67 Å². The van der Waals surface area contributed by atoms with Gasteiger partial charge in [0, 0.05) is 23.0 Å². The number of hydrogen-bond donors (Lipinski definition) is 1. The summed E-state index contributed by atoms with van der Waals surface area (Å²) in [5.74, 6) is -0.494. The molecule has 0 saturated heterocycles. The molecule has 0 amide bonds. The molecule has 1 aromatic heterocycles. The summed E-state index contributed by atoms with van der Waals surface area (Å²) in [6.45, 7) is 0. The van der Waals surface area contributed by atoms with Gasteiger partial charge >= 0.3 is 0 Å². The van der Waals surface area contributed by atoms with Gasteiger partial charge in [0.25, 0.3) is 0 Å². The molecular weight excluding hydrogens is 254 g/mol. The Hall–Kier alpha value is -1.94. The summed E-state index contributed by atoms with van der Waals surface area (Å²) in [5, 5.41) is 11.6. The maximum absolute atomic E-state index is 12.0. The molecule has 0 radical (unpaired) electrons. The van der Waals surface area contributed by atoms with Crippen molar-refractivity contribution in [3.05, 3.63) is 36.2 Å². The number of ketones is 1. The Kier molecular flexibility index (Phi) is 3.40. The van der Waals surface area contributed by atoms with Crippen molar-refractivity contribution in [3.63, 3.8) is 0 Å². The lowest BCUT2D eigenvalue weighted by Crippen LogP contribution is -2.24. The van der Waals surface area contributed by atoms with Crippen molar-refractivity contribution in [2.24, 2.45) is 0 Å². The highest BCUT2D eigenvalue weighted by Crippen LogP contribution is 2.33. The van der Waals surface area contributed by atoms with Gasteiger partial charge in [0.1, 0.15) is 5.69 Å². The lowest BCUT2D eigenvalue weighted by atomic mass is 9.92. The number of aldehydes is 1. The predicted molar refractivity (Wildman–Crippen MR) is 75.8 cm³/mol. The van der Waals surface area contributed by atoms with Gasteiger partial charge in [0.05, 0.1) is 6.10 Å². The number of aliphatic hydroxyl groups is 1. The van der Waals surface area contributed by atoms with E-state index in [2.05, 4.69) is 0 Å². The minimum Gasteiger partial charge on any atom is -0.393 e. The summed E-state index contributed by atoms with van der Waals surface area (Å²) >= 11 is 0. The first-order valence-electron chi connectivity index (χ1n) is 6.98. The molecule has 1 aliphatic carbocycles. The minimum absolute atomic E-state index is 0.0880. The monoisotopic (exact) mass is 271 g/mol. The van der Waals surface area contributed by atoms with Crippen LogP contribution in [0.5, 0.6) is 0 Å². The third kappa shape index (κ3) is 2.16. The van der Waals surface area contributed by atoms with Crippen molar-refractivity contribution in [1.82, 2.24) is 4.57 Å². The number of aromatic nitrogens is 1. The van der Waals surface area contributed by atoms with Crippen LogP contribution in [-0.2, 0) is 4.79 Å². The summed E-state index contributed by atoms with van der Waals surface area (Å²) in [6, 6.07) is 7.67. The summed E-state index contributed by atoms with van der Waals surface area (Å²) in [6.07, 6.45) is 5.30. The predicted octanol–water partition coefficient (Wildman–Crippen LogP) is 2.50. The van der Waals surface area contributed by atoms with Crippen LogP contribution in [-0.4, -0.2) is 27.8 Å². The second-order valence-corrected chi connectivity index (χ2v) is 5.43. The Morgan fingerprint density at radius 1 is 1.30 bits per heavy atom. The van der Waals surface area contributed by atoms with E-state index < -0.39 is 5.78 Å². The van der Waals surface area contributed by atoms with Gasteiger partial charge in [-0.2, -0.15) is 0 Å². The fraction of sp³-hybridized carbons (Fsp3) is 0.375. The van der Waals surface area contributed by atoms with E-state index in [4.69, 9.17) is 0 Å². The average Bonchev–Trinajstić information content (AvgIpc) is 2.86. The number of fused-ring (bicyclic) bond motifs is 1. The molecule has 1 N–H and O–H groups in total. The molecule has 0 aliphatic heterocycles. The van der Waals surface area contributed by atoms with E-state index in [9.17, 15) is 14.7 Å². The van der Waals surface area contributed by atoms with E-state index in [1.54, 1.807) is 0 Å². The highest BCUT2D eigenvalue weighted by atomic mass is 16.3. The number of carbonyl (C=O) groups excluding carboxylic acids is 2. The topological polar surface area (TPSA) is 59.3 Å². The van der Waals surface area contributed by atoms with Crippen LogP contribution >= 0.6 is 0 Å². The third-order valence-corrected chi connectivity index (χ3v) is 4.10. The lowest BCUT2D eigenvalue weighted by molar-refractivity contribution is -0.104. The number of carbonyl (C=O) groups is 2. The van der Waals surface area contributed by atoms with Gasteiger partial charge in [-0.3, -0.25) is 9.59 Å². The highest BCUT2D eigenvalue weighted by molar-refractivity contribution is 6.35. The Balaban J connectivity index is 2.13. The van der Waals surface area contributed by atoms with E-state index in [-0.39, 0.29) is 12.1 Å². The third-order valence-electron chi connectivity index (χ3n) is 4.10. The van der Waals surface area contributed by atoms with Crippen LogP contribution in [0, 0.1) is 0 Å². The van der Waals surface area contributed by atoms with Crippen molar-refractivity contribution >= 4 is 22.8 Å². The quantitative estimate of drug-likeness (QED) is 0.530. The van der Waals surface area contributed by atoms with Crippen LogP contribution in [0.15, 0.2) is 30.5 Å². The van der Waals surface area contributed by atoms with Crippen LogP contribution in [0.4, 0.5) is 0 Å². The summed E-state index contributed by atoms with van der Waals surface area (Å²) < 4.78 is 1.89. The van der Waals surface area contributed by atoms with E-state index in [1.807, 2.05) is 35.0 Å². The van der Waals surface area contributed by atoms with Gasteiger partial charge in [0.15, 0.2) is 6.29 Å². The maximum Gasteiger partial charge on any atom is 0.242 e. The van der Waals surface area contributed by atoms with Crippen LogP contribution in [0.25, 0.3) is 10.8 Å². The van der Waals surface area contributed by atoms with E-state index >= 15 is 0 Å². The van der Waals surface area contributed by atoms with Crippen LogP contribution in [0.3, 0.4) is 0 Å². The van der Waals surface area contributed by atoms with Gasteiger partial charge in [-0.15, -0.1) is 0 Å². The Bertz CT molecular complexity index is 659. The van der Waals surface area contributed by atoms with E-state index in [0.29, 0.717) is 18.4 Å². The number of aliphatic hydroxyl groups excluding tert-OH is 1. The highest BCUT2D eigenvalue weighted by Gasteiger charge is 2.26. The van der Waals surface area contributed by atoms with Crippen LogP contribution in [0.1, 0.15) is 42.2 Å². The zero-order chi connectivity index (χ0) is 14.1. The van der Waals surface area contributed by atoms with Crippen molar-refractivity contribution in [1.29, 1.82) is 0 Å².